The summed E-state index contributed by atoms with van der Waals surface area (Å²) in [5.74, 6) is 0.715. The Bertz CT molecular complexity index is 653. The van der Waals surface area contributed by atoms with Gasteiger partial charge in [0.15, 0.2) is 5.76 Å². The molecule has 3 aromatic rings. The average Bonchev–Trinajstić information content (AvgIpc) is 2.76. The van der Waals surface area contributed by atoms with E-state index in [2.05, 4.69) is 4.98 Å². The van der Waals surface area contributed by atoms with Crippen LogP contribution in [0.4, 0.5) is 5.69 Å². The number of hydrogen-bond donors (Lipinski definition) is 1. The molecule has 1 aromatic carbocycles. The van der Waals surface area contributed by atoms with Crippen molar-refractivity contribution in [2.75, 3.05) is 5.73 Å². The minimum atomic E-state index is 0.673. The monoisotopic (exact) mass is 224 g/mol. The van der Waals surface area contributed by atoms with Gasteiger partial charge in [-0.15, -0.1) is 0 Å². The van der Waals surface area contributed by atoms with Crippen molar-refractivity contribution in [2.45, 2.75) is 6.92 Å². The van der Waals surface area contributed by atoms with E-state index in [4.69, 9.17) is 10.2 Å². The van der Waals surface area contributed by atoms with E-state index in [1.807, 2.05) is 43.3 Å². The molecule has 0 fully saturated rings. The Morgan fingerprint density at radius 2 is 2.00 bits per heavy atom. The average molecular weight is 224 g/mol. The van der Waals surface area contributed by atoms with Crippen LogP contribution in [0.2, 0.25) is 0 Å². The second-order valence-electron chi connectivity index (χ2n) is 4.04. The number of furan rings is 1. The minimum absolute atomic E-state index is 0.673. The van der Waals surface area contributed by atoms with Gasteiger partial charge in [0.1, 0.15) is 11.3 Å². The fraction of sp³-hybridized carbons (Fsp3) is 0.0714. The van der Waals surface area contributed by atoms with Crippen LogP contribution in [-0.4, -0.2) is 4.98 Å². The van der Waals surface area contributed by atoms with E-state index in [1.165, 1.54) is 0 Å². The first-order valence-corrected chi connectivity index (χ1v) is 5.46. The second kappa shape index (κ2) is 3.63. The highest BCUT2D eigenvalue weighted by Crippen LogP contribution is 2.30. The number of rotatable bonds is 1. The Hall–Kier alpha value is -2.29. The lowest BCUT2D eigenvalue weighted by Gasteiger charge is -2.03. The van der Waals surface area contributed by atoms with E-state index in [1.54, 1.807) is 6.20 Å². The Labute approximate surface area is 98.9 Å². The van der Waals surface area contributed by atoms with Gasteiger partial charge in [0.25, 0.3) is 0 Å². The van der Waals surface area contributed by atoms with Gasteiger partial charge in [0.2, 0.25) is 0 Å². The van der Waals surface area contributed by atoms with Gasteiger partial charge in [-0.3, -0.25) is 4.98 Å². The molecule has 0 amide bonds. The van der Waals surface area contributed by atoms with E-state index in [-0.39, 0.29) is 0 Å². The molecule has 2 aromatic heterocycles. The normalized spacial score (nSPS) is 10.9. The third-order valence-electron chi connectivity index (χ3n) is 2.87. The van der Waals surface area contributed by atoms with Gasteiger partial charge in [0, 0.05) is 11.6 Å². The first-order valence-electron chi connectivity index (χ1n) is 5.46. The minimum Gasteiger partial charge on any atom is -0.454 e. The standard InChI is InChI=1S/C14H12N2O/c1-9-6-7-16-14(13(9)15)12-8-10-4-2-3-5-11(10)17-12/h2-8H,15H2,1H3. The first-order chi connectivity index (χ1) is 8.25. The maximum atomic E-state index is 6.01. The zero-order valence-corrected chi connectivity index (χ0v) is 9.47. The molecule has 84 valence electrons. The molecule has 0 atom stereocenters. The number of aromatic nitrogens is 1. The van der Waals surface area contributed by atoms with Crippen LogP contribution >= 0.6 is 0 Å². The van der Waals surface area contributed by atoms with E-state index < -0.39 is 0 Å². The van der Waals surface area contributed by atoms with Crippen LogP contribution < -0.4 is 5.73 Å². The molecule has 17 heavy (non-hydrogen) atoms. The van der Waals surface area contributed by atoms with Crippen molar-refractivity contribution in [1.29, 1.82) is 0 Å². The molecule has 0 aliphatic rings. The molecule has 0 aliphatic carbocycles. The number of fused-ring (bicyclic) bond motifs is 1. The molecule has 3 nitrogen and oxygen atoms in total. The van der Waals surface area contributed by atoms with Crippen molar-refractivity contribution in [3.63, 3.8) is 0 Å². The van der Waals surface area contributed by atoms with Crippen molar-refractivity contribution >= 4 is 16.7 Å². The van der Waals surface area contributed by atoms with Crippen LogP contribution in [0.5, 0.6) is 0 Å². The van der Waals surface area contributed by atoms with Crippen molar-refractivity contribution in [3.8, 4) is 11.5 Å². The maximum absolute atomic E-state index is 6.01. The highest BCUT2D eigenvalue weighted by atomic mass is 16.3. The van der Waals surface area contributed by atoms with Crippen molar-refractivity contribution in [3.05, 3.63) is 48.2 Å². The van der Waals surface area contributed by atoms with Crippen LogP contribution in [0, 0.1) is 6.92 Å². The van der Waals surface area contributed by atoms with Crippen LogP contribution in [0.25, 0.3) is 22.4 Å². The maximum Gasteiger partial charge on any atom is 0.155 e. The Kier molecular flexibility index (Phi) is 2.11. The highest BCUT2D eigenvalue weighted by molar-refractivity contribution is 5.84. The zero-order valence-electron chi connectivity index (χ0n) is 9.47. The summed E-state index contributed by atoms with van der Waals surface area (Å²) in [5, 5.41) is 1.06. The third kappa shape index (κ3) is 1.56. The largest absolute Gasteiger partial charge is 0.454 e. The summed E-state index contributed by atoms with van der Waals surface area (Å²) in [5.41, 5.74) is 9.26. The number of nitrogen functional groups attached to an aromatic ring is 1. The second-order valence-corrected chi connectivity index (χ2v) is 4.04. The van der Waals surface area contributed by atoms with E-state index in [0.717, 1.165) is 16.5 Å². The number of pyridine rings is 1. The summed E-state index contributed by atoms with van der Waals surface area (Å²) >= 11 is 0. The number of nitrogens with zero attached hydrogens (tertiary/aromatic N) is 1. The zero-order chi connectivity index (χ0) is 11.8. The molecule has 0 unspecified atom stereocenters. The lowest BCUT2D eigenvalue weighted by atomic mass is 10.1. The van der Waals surface area contributed by atoms with E-state index >= 15 is 0 Å². The smallest absolute Gasteiger partial charge is 0.155 e. The Balaban J connectivity index is 2.24. The predicted octanol–water partition coefficient (Wildman–Crippen LogP) is 3.39. The molecule has 0 radical (unpaired) electrons. The highest BCUT2D eigenvalue weighted by Gasteiger charge is 2.11. The quantitative estimate of drug-likeness (QED) is 0.689. The van der Waals surface area contributed by atoms with E-state index in [9.17, 15) is 0 Å². The van der Waals surface area contributed by atoms with Crippen molar-refractivity contribution in [1.82, 2.24) is 4.98 Å². The van der Waals surface area contributed by atoms with Crippen molar-refractivity contribution in [2.24, 2.45) is 0 Å². The summed E-state index contributed by atoms with van der Waals surface area (Å²) in [6.07, 6.45) is 1.74. The summed E-state index contributed by atoms with van der Waals surface area (Å²) in [6, 6.07) is 11.7. The summed E-state index contributed by atoms with van der Waals surface area (Å²) in [6.45, 7) is 1.96. The third-order valence-corrected chi connectivity index (χ3v) is 2.87. The van der Waals surface area contributed by atoms with Crippen LogP contribution in [0.15, 0.2) is 47.0 Å². The molecule has 0 saturated carbocycles. The summed E-state index contributed by atoms with van der Waals surface area (Å²) in [7, 11) is 0. The fourth-order valence-electron chi connectivity index (χ4n) is 1.86. The van der Waals surface area contributed by atoms with Gasteiger partial charge in [-0.2, -0.15) is 0 Å². The summed E-state index contributed by atoms with van der Waals surface area (Å²) < 4.78 is 5.75. The molecule has 2 heterocycles. The topological polar surface area (TPSA) is 52.0 Å². The molecule has 0 bridgehead atoms. The predicted molar refractivity (Wildman–Crippen MR) is 68.6 cm³/mol. The van der Waals surface area contributed by atoms with Gasteiger partial charge in [-0.25, -0.2) is 0 Å². The summed E-state index contributed by atoms with van der Waals surface area (Å²) in [4.78, 5) is 4.29. The SMILES string of the molecule is Cc1ccnc(-c2cc3ccccc3o2)c1N. The van der Waals surface area contributed by atoms with Gasteiger partial charge in [-0.1, -0.05) is 18.2 Å². The molecule has 2 N–H and O–H groups in total. The first kappa shape index (κ1) is 9.90. The number of nitrogens with two attached hydrogens (primary N) is 1. The lowest BCUT2D eigenvalue weighted by molar-refractivity contribution is 0.629. The van der Waals surface area contributed by atoms with Gasteiger partial charge < -0.3 is 10.2 Å². The molecule has 3 rings (SSSR count). The van der Waals surface area contributed by atoms with Crippen LogP contribution in [0.1, 0.15) is 5.56 Å². The number of benzene rings is 1. The molecule has 0 aliphatic heterocycles. The lowest BCUT2D eigenvalue weighted by Crippen LogP contribution is -1.95. The van der Waals surface area contributed by atoms with Crippen molar-refractivity contribution < 1.29 is 4.42 Å². The molecule has 0 spiro atoms. The van der Waals surface area contributed by atoms with E-state index in [0.29, 0.717) is 17.1 Å². The Morgan fingerprint density at radius 1 is 1.18 bits per heavy atom. The van der Waals surface area contributed by atoms with Crippen LogP contribution in [0.3, 0.4) is 0 Å². The molecular weight excluding hydrogens is 212 g/mol. The van der Waals surface area contributed by atoms with Gasteiger partial charge in [0.05, 0.1) is 5.69 Å². The molecular formula is C14H12N2O. The van der Waals surface area contributed by atoms with Gasteiger partial charge in [-0.05, 0) is 30.7 Å². The number of para-hydroxylation sites is 1. The Morgan fingerprint density at radius 3 is 2.82 bits per heavy atom. The fourth-order valence-corrected chi connectivity index (χ4v) is 1.86. The number of anilines is 1. The number of hydrogen-bond acceptors (Lipinski definition) is 3. The van der Waals surface area contributed by atoms with Crippen LogP contribution in [-0.2, 0) is 0 Å². The number of aryl methyl sites for hydroxylation is 1. The molecule has 3 heteroatoms. The molecule has 0 saturated heterocycles. The van der Waals surface area contributed by atoms with Gasteiger partial charge >= 0.3 is 0 Å².